The SMILES string of the molecule is O=C(NCCNC(=O)c1cccnc1Sc1ccccc1)c1ccco1. The van der Waals surface area contributed by atoms with Gasteiger partial charge in [0, 0.05) is 24.2 Å². The zero-order valence-electron chi connectivity index (χ0n) is 13.8. The van der Waals surface area contributed by atoms with Crippen LogP contribution in [0, 0.1) is 0 Å². The summed E-state index contributed by atoms with van der Waals surface area (Å²) in [5, 5.41) is 6.10. The number of furan rings is 1. The number of amides is 2. The molecule has 0 radical (unpaired) electrons. The van der Waals surface area contributed by atoms with E-state index in [0.717, 1.165) is 4.90 Å². The zero-order chi connectivity index (χ0) is 18.2. The molecule has 2 amide bonds. The van der Waals surface area contributed by atoms with E-state index in [1.165, 1.54) is 18.0 Å². The van der Waals surface area contributed by atoms with Crippen molar-refractivity contribution in [3.8, 4) is 0 Å². The molecule has 2 aromatic heterocycles. The Bertz CT molecular complexity index is 867. The molecule has 0 saturated carbocycles. The molecule has 26 heavy (non-hydrogen) atoms. The Morgan fingerprint density at radius 3 is 2.42 bits per heavy atom. The summed E-state index contributed by atoms with van der Waals surface area (Å²) in [4.78, 5) is 29.5. The third-order valence-corrected chi connectivity index (χ3v) is 4.44. The summed E-state index contributed by atoms with van der Waals surface area (Å²) in [7, 11) is 0. The van der Waals surface area contributed by atoms with Crippen molar-refractivity contribution in [1.82, 2.24) is 15.6 Å². The summed E-state index contributed by atoms with van der Waals surface area (Å²) in [6.45, 7) is 0.600. The molecule has 0 aliphatic heterocycles. The largest absolute Gasteiger partial charge is 0.459 e. The molecule has 7 heteroatoms. The first-order valence-corrected chi connectivity index (χ1v) is 8.83. The number of benzene rings is 1. The van der Waals surface area contributed by atoms with E-state index < -0.39 is 0 Å². The first kappa shape index (κ1) is 17.8. The van der Waals surface area contributed by atoms with Gasteiger partial charge >= 0.3 is 0 Å². The Morgan fingerprint density at radius 2 is 1.69 bits per heavy atom. The molecule has 3 aromatic rings. The fourth-order valence-corrected chi connectivity index (χ4v) is 3.09. The number of rotatable bonds is 7. The predicted octanol–water partition coefficient (Wildman–Crippen LogP) is 2.99. The van der Waals surface area contributed by atoms with Crippen LogP contribution in [-0.2, 0) is 0 Å². The lowest BCUT2D eigenvalue weighted by molar-refractivity contribution is 0.0909. The third-order valence-electron chi connectivity index (χ3n) is 3.41. The molecule has 0 aliphatic carbocycles. The second-order valence-electron chi connectivity index (χ2n) is 5.26. The van der Waals surface area contributed by atoms with E-state index in [9.17, 15) is 9.59 Å². The van der Waals surface area contributed by atoms with Crippen LogP contribution in [0.5, 0.6) is 0 Å². The van der Waals surface area contributed by atoms with Crippen molar-refractivity contribution in [2.45, 2.75) is 9.92 Å². The number of carbonyl (C=O) groups excluding carboxylic acids is 2. The highest BCUT2D eigenvalue weighted by atomic mass is 32.2. The van der Waals surface area contributed by atoms with Crippen molar-refractivity contribution in [1.29, 1.82) is 0 Å². The molecule has 2 heterocycles. The second-order valence-corrected chi connectivity index (χ2v) is 6.32. The van der Waals surface area contributed by atoms with Gasteiger partial charge in [-0.3, -0.25) is 9.59 Å². The molecule has 0 unspecified atom stereocenters. The van der Waals surface area contributed by atoms with Gasteiger partial charge in [-0.05, 0) is 36.4 Å². The number of nitrogens with one attached hydrogen (secondary N) is 2. The Kier molecular flexibility index (Phi) is 6.05. The van der Waals surface area contributed by atoms with Crippen molar-refractivity contribution in [2.24, 2.45) is 0 Å². The van der Waals surface area contributed by atoms with E-state index in [4.69, 9.17) is 4.42 Å². The normalized spacial score (nSPS) is 10.3. The average Bonchev–Trinajstić information content (AvgIpc) is 3.21. The summed E-state index contributed by atoms with van der Waals surface area (Å²) < 4.78 is 5.00. The minimum Gasteiger partial charge on any atom is -0.459 e. The quantitative estimate of drug-likeness (QED) is 0.627. The first-order valence-electron chi connectivity index (χ1n) is 8.02. The maximum Gasteiger partial charge on any atom is 0.287 e. The molecule has 1 aromatic carbocycles. The molecule has 132 valence electrons. The number of carbonyl (C=O) groups is 2. The lowest BCUT2D eigenvalue weighted by atomic mass is 10.2. The van der Waals surface area contributed by atoms with E-state index in [2.05, 4.69) is 15.6 Å². The predicted molar refractivity (Wildman–Crippen MR) is 98.2 cm³/mol. The van der Waals surface area contributed by atoms with E-state index in [0.29, 0.717) is 23.7 Å². The number of aromatic nitrogens is 1. The molecule has 0 bridgehead atoms. The summed E-state index contributed by atoms with van der Waals surface area (Å²) in [5.41, 5.74) is 0.499. The van der Waals surface area contributed by atoms with Crippen LogP contribution in [-0.4, -0.2) is 29.9 Å². The Balaban J connectivity index is 1.54. The van der Waals surface area contributed by atoms with Gasteiger partial charge in [-0.15, -0.1) is 0 Å². The molecule has 0 atom stereocenters. The molecule has 0 spiro atoms. The van der Waals surface area contributed by atoms with Gasteiger partial charge in [0.05, 0.1) is 11.8 Å². The molecule has 3 rings (SSSR count). The van der Waals surface area contributed by atoms with Crippen LogP contribution in [0.1, 0.15) is 20.9 Å². The Labute approximate surface area is 155 Å². The highest BCUT2D eigenvalue weighted by molar-refractivity contribution is 7.99. The van der Waals surface area contributed by atoms with Crippen LogP contribution >= 0.6 is 11.8 Å². The van der Waals surface area contributed by atoms with Crippen LogP contribution < -0.4 is 10.6 Å². The van der Waals surface area contributed by atoms with Crippen molar-refractivity contribution >= 4 is 23.6 Å². The fraction of sp³-hybridized carbons (Fsp3) is 0.105. The molecular weight excluding hydrogens is 350 g/mol. The highest BCUT2D eigenvalue weighted by Crippen LogP contribution is 2.28. The molecule has 0 saturated heterocycles. The van der Waals surface area contributed by atoms with Gasteiger partial charge in [0.1, 0.15) is 5.03 Å². The van der Waals surface area contributed by atoms with Crippen LogP contribution in [0.15, 0.2) is 81.4 Å². The van der Waals surface area contributed by atoms with Crippen molar-refractivity contribution in [3.05, 3.63) is 78.4 Å². The second kappa shape index (κ2) is 8.87. The number of hydrogen-bond donors (Lipinski definition) is 2. The van der Waals surface area contributed by atoms with Crippen LogP contribution in [0.25, 0.3) is 0 Å². The van der Waals surface area contributed by atoms with Crippen molar-refractivity contribution in [2.75, 3.05) is 13.1 Å². The molecule has 2 N–H and O–H groups in total. The Hall–Kier alpha value is -3.06. The molecule has 6 nitrogen and oxygen atoms in total. The van der Waals surface area contributed by atoms with Crippen molar-refractivity contribution < 1.29 is 14.0 Å². The van der Waals surface area contributed by atoms with E-state index in [1.54, 1.807) is 30.5 Å². The van der Waals surface area contributed by atoms with Gasteiger partial charge in [0.25, 0.3) is 11.8 Å². The standard InChI is InChI=1S/C19H17N3O3S/c23-17(20-11-12-21-18(24)16-9-5-13-25-16)15-8-4-10-22-19(15)26-14-6-2-1-3-7-14/h1-10,13H,11-12H2,(H,20,23)(H,21,24). The average molecular weight is 367 g/mol. The number of pyridine rings is 1. The van der Waals surface area contributed by atoms with E-state index in [1.807, 2.05) is 30.3 Å². The number of hydrogen-bond acceptors (Lipinski definition) is 5. The smallest absolute Gasteiger partial charge is 0.287 e. The van der Waals surface area contributed by atoms with Gasteiger partial charge in [-0.2, -0.15) is 0 Å². The van der Waals surface area contributed by atoms with Gasteiger partial charge in [0.2, 0.25) is 0 Å². The summed E-state index contributed by atoms with van der Waals surface area (Å²) in [6, 6.07) is 16.4. The summed E-state index contributed by atoms with van der Waals surface area (Å²) >= 11 is 1.43. The lowest BCUT2D eigenvalue weighted by Gasteiger charge is -2.09. The summed E-state index contributed by atoms with van der Waals surface area (Å²) in [5.74, 6) is -0.306. The fourth-order valence-electron chi connectivity index (χ4n) is 2.19. The van der Waals surface area contributed by atoms with Crippen LogP contribution in [0.2, 0.25) is 0 Å². The van der Waals surface area contributed by atoms with Crippen LogP contribution in [0.4, 0.5) is 0 Å². The summed E-state index contributed by atoms with van der Waals surface area (Å²) in [6.07, 6.45) is 3.09. The van der Waals surface area contributed by atoms with Crippen molar-refractivity contribution in [3.63, 3.8) is 0 Å². The van der Waals surface area contributed by atoms with Gasteiger partial charge in [-0.25, -0.2) is 4.98 Å². The molecular formula is C19H17N3O3S. The minimum absolute atomic E-state index is 0.233. The lowest BCUT2D eigenvalue weighted by Crippen LogP contribution is -2.34. The number of nitrogens with zero attached hydrogens (tertiary/aromatic N) is 1. The maximum absolute atomic E-state index is 12.4. The van der Waals surface area contributed by atoms with Crippen LogP contribution in [0.3, 0.4) is 0 Å². The Morgan fingerprint density at radius 1 is 0.923 bits per heavy atom. The highest BCUT2D eigenvalue weighted by Gasteiger charge is 2.13. The molecule has 0 fully saturated rings. The van der Waals surface area contributed by atoms with E-state index in [-0.39, 0.29) is 17.6 Å². The molecule has 0 aliphatic rings. The first-order chi connectivity index (χ1) is 12.7. The monoisotopic (exact) mass is 367 g/mol. The van der Waals surface area contributed by atoms with E-state index >= 15 is 0 Å². The van der Waals surface area contributed by atoms with Gasteiger partial charge < -0.3 is 15.1 Å². The maximum atomic E-state index is 12.4. The topological polar surface area (TPSA) is 84.2 Å². The third kappa shape index (κ3) is 4.73. The van der Waals surface area contributed by atoms with Gasteiger partial charge in [-0.1, -0.05) is 30.0 Å². The minimum atomic E-state index is -0.314. The zero-order valence-corrected chi connectivity index (χ0v) is 14.7. The van der Waals surface area contributed by atoms with Gasteiger partial charge in [0.15, 0.2) is 5.76 Å².